The van der Waals surface area contributed by atoms with Crippen molar-refractivity contribution in [3.8, 4) is 11.5 Å². The second kappa shape index (κ2) is 6.97. The molecule has 0 heterocycles. The SMILES string of the molecule is C=Cc1ccccc1OP(=O)(C=C)Oc1ccccc1C=C. The fourth-order valence-electron chi connectivity index (χ4n) is 1.83. The Morgan fingerprint density at radius 2 is 1.18 bits per heavy atom. The molecule has 0 atom stereocenters. The van der Waals surface area contributed by atoms with Crippen molar-refractivity contribution in [1.82, 2.24) is 0 Å². The molecule has 3 nitrogen and oxygen atoms in total. The molecule has 0 aliphatic heterocycles. The molecule has 0 spiro atoms. The molecule has 2 rings (SSSR count). The van der Waals surface area contributed by atoms with Crippen LogP contribution in [0.4, 0.5) is 0 Å². The van der Waals surface area contributed by atoms with Crippen LogP contribution in [0.15, 0.2) is 74.1 Å². The molecule has 0 saturated carbocycles. The summed E-state index contributed by atoms with van der Waals surface area (Å²) in [7, 11) is -3.56. The second-order valence-corrected chi connectivity index (χ2v) is 6.20. The predicted molar refractivity (Wildman–Crippen MR) is 92.1 cm³/mol. The van der Waals surface area contributed by atoms with Crippen LogP contribution in [0.1, 0.15) is 11.1 Å². The first-order chi connectivity index (χ1) is 10.6. The highest BCUT2D eigenvalue weighted by molar-refractivity contribution is 7.58. The van der Waals surface area contributed by atoms with Crippen molar-refractivity contribution in [3.05, 3.63) is 85.2 Å². The fraction of sp³-hybridized carbons (Fsp3) is 0. The molecule has 0 aromatic heterocycles. The van der Waals surface area contributed by atoms with Crippen LogP contribution in [0, 0.1) is 0 Å². The largest absolute Gasteiger partial charge is 0.455 e. The summed E-state index contributed by atoms with van der Waals surface area (Å²) in [6.45, 7) is 11.0. The third kappa shape index (κ3) is 3.57. The summed E-state index contributed by atoms with van der Waals surface area (Å²) in [6.07, 6.45) is 3.25. The maximum Gasteiger partial charge on any atom is 0.455 e. The minimum atomic E-state index is -3.56. The van der Waals surface area contributed by atoms with E-state index in [-0.39, 0.29) is 0 Å². The molecule has 4 heteroatoms. The Morgan fingerprint density at radius 3 is 1.55 bits per heavy atom. The van der Waals surface area contributed by atoms with Gasteiger partial charge in [0.05, 0.1) is 0 Å². The number of hydrogen-bond donors (Lipinski definition) is 0. The Bertz CT molecular complexity index is 692. The van der Waals surface area contributed by atoms with Crippen molar-refractivity contribution in [2.75, 3.05) is 0 Å². The third-order valence-corrected chi connectivity index (χ3v) is 4.30. The van der Waals surface area contributed by atoms with E-state index in [9.17, 15) is 4.57 Å². The molecule has 0 aliphatic carbocycles. The van der Waals surface area contributed by atoms with Gasteiger partial charge in [0, 0.05) is 16.9 Å². The van der Waals surface area contributed by atoms with Gasteiger partial charge in [-0.3, -0.25) is 0 Å². The fourth-order valence-corrected chi connectivity index (χ4v) is 2.90. The third-order valence-electron chi connectivity index (χ3n) is 2.95. The number of rotatable bonds is 7. The molecule has 0 unspecified atom stereocenters. The van der Waals surface area contributed by atoms with Crippen LogP contribution in [0.5, 0.6) is 11.5 Å². The van der Waals surface area contributed by atoms with E-state index < -0.39 is 7.60 Å². The minimum Gasteiger partial charge on any atom is -0.413 e. The quantitative estimate of drug-likeness (QED) is 0.609. The lowest BCUT2D eigenvalue weighted by Gasteiger charge is -2.19. The summed E-state index contributed by atoms with van der Waals surface area (Å²) in [6, 6.07) is 14.3. The zero-order chi connectivity index (χ0) is 16.0. The monoisotopic (exact) mass is 312 g/mol. The van der Waals surface area contributed by atoms with Crippen molar-refractivity contribution in [2.24, 2.45) is 0 Å². The summed E-state index contributed by atoms with van der Waals surface area (Å²) in [5.41, 5.74) is 1.45. The summed E-state index contributed by atoms with van der Waals surface area (Å²) in [5, 5.41) is 0. The zero-order valence-electron chi connectivity index (χ0n) is 12.1. The average Bonchev–Trinajstić information content (AvgIpc) is 2.56. The van der Waals surface area contributed by atoms with Crippen LogP contribution in [0.2, 0.25) is 0 Å². The lowest BCUT2D eigenvalue weighted by molar-refractivity contribution is 0.397. The van der Waals surface area contributed by atoms with Crippen LogP contribution in [-0.2, 0) is 4.57 Å². The van der Waals surface area contributed by atoms with Gasteiger partial charge in [0.15, 0.2) is 0 Å². The van der Waals surface area contributed by atoms with Gasteiger partial charge in [-0.05, 0) is 12.1 Å². The number of hydrogen-bond acceptors (Lipinski definition) is 3. The van der Waals surface area contributed by atoms with Crippen LogP contribution in [-0.4, -0.2) is 0 Å². The molecule has 0 saturated heterocycles. The maximum absolute atomic E-state index is 12.8. The van der Waals surface area contributed by atoms with Gasteiger partial charge in [-0.15, -0.1) is 0 Å². The molecule has 112 valence electrons. The number of para-hydroxylation sites is 2. The predicted octanol–water partition coefficient (Wildman–Crippen LogP) is 5.77. The van der Waals surface area contributed by atoms with Gasteiger partial charge in [0.2, 0.25) is 0 Å². The van der Waals surface area contributed by atoms with E-state index in [1.807, 2.05) is 24.3 Å². The van der Waals surface area contributed by atoms with Gasteiger partial charge in [-0.2, -0.15) is 0 Å². The van der Waals surface area contributed by atoms with Crippen LogP contribution < -0.4 is 9.05 Å². The lowest BCUT2D eigenvalue weighted by atomic mass is 10.2. The van der Waals surface area contributed by atoms with E-state index in [4.69, 9.17) is 9.05 Å². The molecule has 2 aromatic rings. The Balaban J connectivity index is 2.33. The van der Waals surface area contributed by atoms with Gasteiger partial charge >= 0.3 is 7.60 Å². The Hall–Kier alpha value is -2.51. The highest BCUT2D eigenvalue weighted by Gasteiger charge is 2.25. The van der Waals surface area contributed by atoms with Crippen molar-refractivity contribution in [2.45, 2.75) is 0 Å². The van der Waals surface area contributed by atoms with Crippen LogP contribution in [0.3, 0.4) is 0 Å². The van der Waals surface area contributed by atoms with Gasteiger partial charge in [0.25, 0.3) is 0 Å². The molecule has 22 heavy (non-hydrogen) atoms. The second-order valence-electron chi connectivity index (χ2n) is 4.39. The molecule has 2 aromatic carbocycles. The summed E-state index contributed by atoms with van der Waals surface area (Å²) in [4.78, 5) is 0. The van der Waals surface area contributed by atoms with Crippen molar-refractivity contribution >= 4 is 19.7 Å². The summed E-state index contributed by atoms with van der Waals surface area (Å²) < 4.78 is 24.0. The van der Waals surface area contributed by atoms with Crippen molar-refractivity contribution in [1.29, 1.82) is 0 Å². The molecule has 0 amide bonds. The molecule has 0 bridgehead atoms. The highest BCUT2D eigenvalue weighted by atomic mass is 31.2. The normalized spacial score (nSPS) is 10.5. The van der Waals surface area contributed by atoms with Crippen LogP contribution >= 0.6 is 7.60 Å². The van der Waals surface area contributed by atoms with E-state index in [0.29, 0.717) is 11.5 Å². The molecular weight excluding hydrogens is 295 g/mol. The van der Waals surface area contributed by atoms with Crippen LogP contribution in [0.25, 0.3) is 12.2 Å². The Labute approximate surface area is 130 Å². The van der Waals surface area contributed by atoms with E-state index in [0.717, 1.165) is 11.1 Å². The minimum absolute atomic E-state index is 0.428. The van der Waals surface area contributed by atoms with Gasteiger partial charge < -0.3 is 9.05 Å². The molecule has 0 aliphatic rings. The van der Waals surface area contributed by atoms with E-state index >= 15 is 0 Å². The average molecular weight is 312 g/mol. The van der Waals surface area contributed by atoms with E-state index in [1.165, 1.54) is 5.82 Å². The standard InChI is InChI=1S/C18H17O3P/c1-4-15-11-7-9-13-17(15)20-22(19,6-3)21-18-14-10-8-12-16(18)5-2/h4-14H,1-3H2. The first-order valence-corrected chi connectivity index (χ1v) is 8.28. The van der Waals surface area contributed by atoms with Crippen molar-refractivity contribution < 1.29 is 13.6 Å². The van der Waals surface area contributed by atoms with E-state index in [2.05, 4.69) is 19.7 Å². The molecular formula is C18H17O3P. The number of benzene rings is 2. The topological polar surface area (TPSA) is 35.5 Å². The molecule has 0 fully saturated rings. The lowest BCUT2D eigenvalue weighted by Crippen LogP contribution is -2.00. The van der Waals surface area contributed by atoms with E-state index in [1.54, 1.807) is 36.4 Å². The summed E-state index contributed by atoms with van der Waals surface area (Å²) in [5.74, 6) is 2.04. The van der Waals surface area contributed by atoms with Gasteiger partial charge in [0.1, 0.15) is 11.5 Å². The first kappa shape index (κ1) is 15.9. The molecule has 0 radical (unpaired) electrons. The first-order valence-electron chi connectivity index (χ1n) is 6.67. The zero-order valence-corrected chi connectivity index (χ0v) is 13.0. The molecule has 0 N–H and O–H groups in total. The van der Waals surface area contributed by atoms with Crippen molar-refractivity contribution in [3.63, 3.8) is 0 Å². The summed E-state index contributed by atoms with van der Waals surface area (Å²) >= 11 is 0. The van der Waals surface area contributed by atoms with Gasteiger partial charge in [-0.25, -0.2) is 4.57 Å². The maximum atomic E-state index is 12.8. The smallest absolute Gasteiger partial charge is 0.413 e. The Morgan fingerprint density at radius 1 is 0.773 bits per heavy atom. The highest BCUT2D eigenvalue weighted by Crippen LogP contribution is 2.50. The Kier molecular flexibility index (Phi) is 5.03. The van der Waals surface area contributed by atoms with Gasteiger partial charge in [-0.1, -0.05) is 68.3 Å².